The summed E-state index contributed by atoms with van der Waals surface area (Å²) in [6.45, 7) is -1.27. The Balaban J connectivity index is 3.27. The number of ether oxygens (including phenoxy) is 1. The number of anilines is 1. The number of nitrogen functional groups attached to an aromatic ring is 1. The SMILES string of the molecule is COc1c(N)cc(S(=O)(=O)N(CCO)CCO)cc1F. The molecule has 1 aromatic carbocycles. The Morgan fingerprint density at radius 1 is 1.30 bits per heavy atom. The second-order valence-electron chi connectivity index (χ2n) is 3.88. The molecule has 0 atom stereocenters. The number of methoxy groups -OCH3 is 1. The predicted octanol–water partition coefficient (Wildman–Crippen LogP) is -0.608. The van der Waals surface area contributed by atoms with Crippen LogP contribution in [0.2, 0.25) is 0 Å². The van der Waals surface area contributed by atoms with E-state index in [-0.39, 0.29) is 29.4 Å². The van der Waals surface area contributed by atoms with E-state index in [0.717, 1.165) is 16.4 Å². The summed E-state index contributed by atoms with van der Waals surface area (Å²) in [5.41, 5.74) is 5.38. The van der Waals surface area contributed by atoms with Crippen molar-refractivity contribution in [2.45, 2.75) is 4.90 Å². The van der Waals surface area contributed by atoms with Crippen molar-refractivity contribution in [3.63, 3.8) is 0 Å². The quantitative estimate of drug-likeness (QED) is 0.579. The fraction of sp³-hybridized carbons (Fsp3) is 0.455. The van der Waals surface area contributed by atoms with E-state index in [1.54, 1.807) is 0 Å². The molecule has 0 unspecified atom stereocenters. The van der Waals surface area contributed by atoms with Gasteiger partial charge in [-0.2, -0.15) is 4.31 Å². The zero-order chi connectivity index (χ0) is 15.3. The van der Waals surface area contributed by atoms with Gasteiger partial charge in [-0.1, -0.05) is 0 Å². The fourth-order valence-corrected chi connectivity index (χ4v) is 3.15. The molecule has 7 nitrogen and oxygen atoms in total. The first kappa shape index (κ1) is 16.6. The second-order valence-corrected chi connectivity index (χ2v) is 5.82. The zero-order valence-electron chi connectivity index (χ0n) is 10.9. The van der Waals surface area contributed by atoms with Gasteiger partial charge in [-0.25, -0.2) is 12.8 Å². The molecular formula is C11H17FN2O5S. The van der Waals surface area contributed by atoms with Crippen LogP contribution in [0, 0.1) is 5.82 Å². The van der Waals surface area contributed by atoms with E-state index in [2.05, 4.69) is 0 Å². The first-order valence-corrected chi connectivity index (χ1v) is 7.17. The standard InChI is InChI=1S/C11H17FN2O5S/c1-19-11-9(12)6-8(7-10(11)13)20(17,18)14(2-4-15)3-5-16/h6-7,15-16H,2-5,13H2,1H3. The van der Waals surface area contributed by atoms with Gasteiger partial charge >= 0.3 is 0 Å². The molecule has 114 valence electrons. The van der Waals surface area contributed by atoms with E-state index in [1.165, 1.54) is 7.11 Å². The fourth-order valence-electron chi connectivity index (χ4n) is 1.68. The Morgan fingerprint density at radius 3 is 2.25 bits per heavy atom. The number of aliphatic hydroxyl groups is 2. The van der Waals surface area contributed by atoms with Crippen molar-refractivity contribution in [3.8, 4) is 5.75 Å². The van der Waals surface area contributed by atoms with Crippen LogP contribution in [0.25, 0.3) is 0 Å². The minimum absolute atomic E-state index is 0.154. The minimum atomic E-state index is -4.06. The van der Waals surface area contributed by atoms with Gasteiger partial charge in [0.15, 0.2) is 11.6 Å². The second kappa shape index (κ2) is 6.84. The van der Waals surface area contributed by atoms with E-state index < -0.39 is 29.1 Å². The maximum Gasteiger partial charge on any atom is 0.243 e. The third-order valence-electron chi connectivity index (χ3n) is 2.59. The minimum Gasteiger partial charge on any atom is -0.492 e. The Hall–Kier alpha value is -1.42. The van der Waals surface area contributed by atoms with Crippen LogP contribution in [0.1, 0.15) is 0 Å². The highest BCUT2D eigenvalue weighted by atomic mass is 32.2. The number of rotatable bonds is 7. The van der Waals surface area contributed by atoms with E-state index in [1.807, 2.05) is 0 Å². The first-order chi connectivity index (χ1) is 9.38. The van der Waals surface area contributed by atoms with Crippen molar-refractivity contribution < 1.29 is 27.8 Å². The lowest BCUT2D eigenvalue weighted by molar-refractivity contribution is 0.217. The molecule has 0 aliphatic carbocycles. The maximum atomic E-state index is 13.7. The van der Waals surface area contributed by atoms with Crippen LogP contribution < -0.4 is 10.5 Å². The topological polar surface area (TPSA) is 113 Å². The normalized spacial score (nSPS) is 11.8. The molecule has 0 bridgehead atoms. The number of halogens is 1. The third kappa shape index (κ3) is 3.37. The zero-order valence-corrected chi connectivity index (χ0v) is 11.7. The van der Waals surface area contributed by atoms with Gasteiger partial charge in [0.2, 0.25) is 10.0 Å². The molecule has 0 amide bonds. The van der Waals surface area contributed by atoms with E-state index in [4.69, 9.17) is 20.7 Å². The Bertz CT molecular complexity index is 535. The third-order valence-corrected chi connectivity index (χ3v) is 4.46. The molecular weight excluding hydrogens is 291 g/mol. The van der Waals surface area contributed by atoms with Crippen molar-refractivity contribution in [1.29, 1.82) is 0 Å². The molecule has 0 aromatic heterocycles. The molecule has 1 rings (SSSR count). The van der Waals surface area contributed by atoms with Crippen molar-refractivity contribution >= 4 is 15.7 Å². The van der Waals surface area contributed by atoms with Crippen molar-refractivity contribution in [2.24, 2.45) is 0 Å². The monoisotopic (exact) mass is 308 g/mol. The van der Waals surface area contributed by atoms with Gasteiger partial charge in [-0.05, 0) is 12.1 Å². The number of aliphatic hydroxyl groups excluding tert-OH is 2. The highest BCUT2D eigenvalue weighted by molar-refractivity contribution is 7.89. The molecule has 0 saturated carbocycles. The highest BCUT2D eigenvalue weighted by Gasteiger charge is 2.26. The van der Waals surface area contributed by atoms with Gasteiger partial charge < -0.3 is 20.7 Å². The predicted molar refractivity (Wildman–Crippen MR) is 70.3 cm³/mol. The number of nitrogens with two attached hydrogens (primary N) is 1. The number of benzene rings is 1. The molecule has 0 saturated heterocycles. The number of sulfonamides is 1. The highest BCUT2D eigenvalue weighted by Crippen LogP contribution is 2.29. The summed E-state index contributed by atoms with van der Waals surface area (Å²) < 4.78 is 43.8. The van der Waals surface area contributed by atoms with E-state index in [9.17, 15) is 12.8 Å². The Labute approximate surface area is 116 Å². The summed E-state index contributed by atoms with van der Waals surface area (Å²) in [5, 5.41) is 17.7. The molecule has 0 radical (unpaired) electrons. The summed E-state index contributed by atoms with van der Waals surface area (Å²) in [6, 6.07) is 1.85. The molecule has 20 heavy (non-hydrogen) atoms. The molecule has 0 spiro atoms. The van der Waals surface area contributed by atoms with Crippen LogP contribution in [0.4, 0.5) is 10.1 Å². The molecule has 1 aromatic rings. The molecule has 0 aliphatic heterocycles. The van der Waals surface area contributed by atoms with Gasteiger partial charge in [0.1, 0.15) is 0 Å². The molecule has 0 heterocycles. The maximum absolute atomic E-state index is 13.7. The van der Waals surface area contributed by atoms with Gasteiger partial charge in [-0.3, -0.25) is 0 Å². The lowest BCUT2D eigenvalue weighted by atomic mass is 10.3. The van der Waals surface area contributed by atoms with Crippen molar-refractivity contribution in [3.05, 3.63) is 17.9 Å². The van der Waals surface area contributed by atoms with E-state index in [0.29, 0.717) is 0 Å². The summed E-state index contributed by atoms with van der Waals surface area (Å²) >= 11 is 0. The summed E-state index contributed by atoms with van der Waals surface area (Å²) in [7, 11) is -2.84. The van der Waals surface area contributed by atoms with Gasteiger partial charge in [-0.15, -0.1) is 0 Å². The van der Waals surface area contributed by atoms with E-state index >= 15 is 0 Å². The summed E-state index contributed by atoms with van der Waals surface area (Å²) in [4.78, 5) is -0.366. The summed E-state index contributed by atoms with van der Waals surface area (Å²) in [6.07, 6.45) is 0. The Kier molecular flexibility index (Phi) is 5.69. The van der Waals surface area contributed by atoms with Crippen molar-refractivity contribution in [1.82, 2.24) is 4.31 Å². The van der Waals surface area contributed by atoms with Crippen molar-refractivity contribution in [2.75, 3.05) is 39.1 Å². The van der Waals surface area contributed by atoms with Gasteiger partial charge in [0, 0.05) is 13.1 Å². The molecule has 0 aliphatic rings. The van der Waals surface area contributed by atoms with Gasteiger partial charge in [0.05, 0.1) is 30.9 Å². The smallest absolute Gasteiger partial charge is 0.243 e. The Morgan fingerprint density at radius 2 is 1.85 bits per heavy atom. The number of hydrogen-bond donors (Lipinski definition) is 3. The first-order valence-electron chi connectivity index (χ1n) is 5.73. The van der Waals surface area contributed by atoms with Crippen LogP contribution >= 0.6 is 0 Å². The molecule has 4 N–H and O–H groups in total. The molecule has 9 heteroatoms. The molecule has 0 fully saturated rings. The lowest BCUT2D eigenvalue weighted by Gasteiger charge is -2.20. The van der Waals surface area contributed by atoms with Crippen LogP contribution in [-0.4, -0.2) is 56.3 Å². The van der Waals surface area contributed by atoms with Gasteiger partial charge in [0.25, 0.3) is 0 Å². The largest absolute Gasteiger partial charge is 0.492 e. The summed E-state index contributed by atoms with van der Waals surface area (Å²) in [5.74, 6) is -1.14. The number of hydrogen-bond acceptors (Lipinski definition) is 6. The average molecular weight is 308 g/mol. The van der Waals surface area contributed by atoms with Crippen LogP contribution in [-0.2, 0) is 10.0 Å². The number of nitrogens with zero attached hydrogens (tertiary/aromatic N) is 1. The average Bonchev–Trinajstić information content (AvgIpc) is 2.38. The van der Waals surface area contributed by atoms with Crippen LogP contribution in [0.15, 0.2) is 17.0 Å². The van der Waals surface area contributed by atoms with Crippen LogP contribution in [0.3, 0.4) is 0 Å². The lowest BCUT2D eigenvalue weighted by Crippen LogP contribution is -2.36. The van der Waals surface area contributed by atoms with Crippen LogP contribution in [0.5, 0.6) is 5.75 Å².